The molecule has 0 aromatic rings. The van der Waals surface area contributed by atoms with E-state index in [9.17, 15) is 0 Å². The van der Waals surface area contributed by atoms with Crippen molar-refractivity contribution in [1.29, 1.82) is 0 Å². The van der Waals surface area contributed by atoms with Crippen LogP contribution >= 0.6 is 0 Å². The predicted octanol–water partition coefficient (Wildman–Crippen LogP) is 3.92. The lowest BCUT2D eigenvalue weighted by Gasteiger charge is -2.33. The summed E-state index contributed by atoms with van der Waals surface area (Å²) in [6, 6.07) is 0. The van der Waals surface area contributed by atoms with Gasteiger partial charge in [-0.25, -0.2) is 0 Å². The number of rotatable bonds is 0. The van der Waals surface area contributed by atoms with Gasteiger partial charge in [-0.15, -0.1) is 0 Å². The number of hydrogen-bond acceptors (Lipinski definition) is 1. The van der Waals surface area contributed by atoms with Gasteiger partial charge in [-0.05, 0) is 23.1 Å². The number of ether oxygens (including phenoxy) is 1. The van der Waals surface area contributed by atoms with E-state index in [2.05, 4.69) is 53.7 Å². The molecular weight excluding hydrogens is 172 g/mol. The fourth-order valence-corrected chi connectivity index (χ4v) is 1.41. The summed E-state index contributed by atoms with van der Waals surface area (Å²) in [5, 5.41) is 0. The van der Waals surface area contributed by atoms with E-state index < -0.39 is 0 Å². The summed E-state index contributed by atoms with van der Waals surface area (Å²) in [5.74, 6) is 0. The molecule has 0 bridgehead atoms. The third kappa shape index (κ3) is 2.63. The van der Waals surface area contributed by atoms with E-state index in [1.807, 2.05) is 6.26 Å². The molecule has 80 valence electrons. The molecule has 1 heteroatoms. The lowest BCUT2D eigenvalue weighted by molar-refractivity contribution is 0.0796. The van der Waals surface area contributed by atoms with E-state index in [-0.39, 0.29) is 16.9 Å². The zero-order chi connectivity index (χ0) is 11.0. The van der Waals surface area contributed by atoms with Crippen LogP contribution in [0.3, 0.4) is 0 Å². The zero-order valence-electron chi connectivity index (χ0n) is 10.2. The maximum absolute atomic E-state index is 5.61. The fourth-order valence-electron chi connectivity index (χ4n) is 1.41. The lowest BCUT2D eigenvalue weighted by Crippen LogP contribution is -2.29. The highest BCUT2D eigenvalue weighted by Crippen LogP contribution is 2.33. The van der Waals surface area contributed by atoms with Gasteiger partial charge in [0.25, 0.3) is 0 Å². The highest BCUT2D eigenvalue weighted by molar-refractivity contribution is 5.28. The van der Waals surface area contributed by atoms with Crippen molar-refractivity contribution in [2.75, 3.05) is 0 Å². The minimum Gasteiger partial charge on any atom is -0.493 e. The lowest BCUT2D eigenvalue weighted by atomic mass is 9.80. The van der Waals surface area contributed by atoms with Gasteiger partial charge in [0.2, 0.25) is 0 Å². The zero-order valence-corrected chi connectivity index (χ0v) is 10.2. The van der Waals surface area contributed by atoms with Crippen molar-refractivity contribution < 1.29 is 4.74 Å². The van der Waals surface area contributed by atoms with Crippen molar-refractivity contribution in [3.63, 3.8) is 0 Å². The van der Waals surface area contributed by atoms with E-state index in [4.69, 9.17) is 4.74 Å². The molecule has 14 heavy (non-hydrogen) atoms. The first-order chi connectivity index (χ1) is 6.21. The summed E-state index contributed by atoms with van der Waals surface area (Å²) in [6.45, 7) is 13.3. The fraction of sp³-hybridized carbons (Fsp3) is 0.692. The molecule has 0 N–H and O–H groups in total. The molecule has 0 amide bonds. The van der Waals surface area contributed by atoms with Crippen molar-refractivity contribution in [2.45, 2.75) is 47.6 Å². The topological polar surface area (TPSA) is 9.23 Å². The summed E-state index contributed by atoms with van der Waals surface area (Å²) in [7, 11) is 0. The van der Waals surface area contributed by atoms with Crippen molar-refractivity contribution in [2.24, 2.45) is 10.8 Å². The second-order valence-electron chi connectivity index (χ2n) is 6.10. The van der Waals surface area contributed by atoms with Gasteiger partial charge in [-0.1, -0.05) is 41.5 Å². The molecule has 1 heterocycles. The standard InChI is InChI=1S/C13H22O/c1-12(2,3)10-7-8-14-11(9-10)13(4,5)6/h7-9,11H,1-6H3. The third-order valence-corrected chi connectivity index (χ3v) is 2.52. The SMILES string of the molecule is CC(C)(C)C1=CC(C(C)(C)C)OC=C1. The third-order valence-electron chi connectivity index (χ3n) is 2.52. The van der Waals surface area contributed by atoms with Crippen molar-refractivity contribution in [1.82, 2.24) is 0 Å². The van der Waals surface area contributed by atoms with Gasteiger partial charge < -0.3 is 4.74 Å². The molecule has 0 spiro atoms. The van der Waals surface area contributed by atoms with E-state index in [0.717, 1.165) is 0 Å². The van der Waals surface area contributed by atoms with Gasteiger partial charge in [-0.2, -0.15) is 0 Å². The summed E-state index contributed by atoms with van der Waals surface area (Å²) >= 11 is 0. The van der Waals surface area contributed by atoms with Gasteiger partial charge in [0, 0.05) is 5.41 Å². The molecule has 0 aromatic heterocycles. The van der Waals surface area contributed by atoms with Crippen LogP contribution in [0, 0.1) is 10.8 Å². The van der Waals surface area contributed by atoms with Crippen molar-refractivity contribution in [3.8, 4) is 0 Å². The molecule has 1 nitrogen and oxygen atoms in total. The molecule has 1 atom stereocenters. The average Bonchev–Trinajstić information content (AvgIpc) is 2.01. The Labute approximate surface area is 87.8 Å². The van der Waals surface area contributed by atoms with Crippen LogP contribution in [0.25, 0.3) is 0 Å². The minimum atomic E-state index is 0.168. The summed E-state index contributed by atoms with van der Waals surface area (Å²) in [6.07, 6.45) is 6.35. The Hall–Kier alpha value is -0.720. The Bertz CT molecular complexity index is 258. The Balaban J connectivity index is 2.90. The van der Waals surface area contributed by atoms with Crippen molar-refractivity contribution >= 4 is 0 Å². The predicted molar refractivity (Wildman–Crippen MR) is 61.0 cm³/mol. The van der Waals surface area contributed by atoms with Gasteiger partial charge in [-0.3, -0.25) is 0 Å². The summed E-state index contributed by atoms with van der Waals surface area (Å²) in [4.78, 5) is 0. The second-order valence-corrected chi connectivity index (χ2v) is 6.10. The van der Waals surface area contributed by atoms with E-state index in [1.165, 1.54) is 5.57 Å². The molecule has 1 aliphatic heterocycles. The Morgan fingerprint density at radius 1 is 1.07 bits per heavy atom. The molecule has 0 aliphatic carbocycles. The Morgan fingerprint density at radius 2 is 1.64 bits per heavy atom. The first kappa shape index (κ1) is 11.4. The van der Waals surface area contributed by atoms with E-state index >= 15 is 0 Å². The van der Waals surface area contributed by atoms with Crippen LogP contribution < -0.4 is 0 Å². The highest BCUT2D eigenvalue weighted by Gasteiger charge is 2.28. The van der Waals surface area contributed by atoms with Crippen LogP contribution in [0.2, 0.25) is 0 Å². The molecule has 0 aromatic carbocycles. The number of allylic oxidation sites excluding steroid dienone is 2. The van der Waals surface area contributed by atoms with Gasteiger partial charge >= 0.3 is 0 Å². The van der Waals surface area contributed by atoms with E-state index in [0.29, 0.717) is 0 Å². The highest BCUT2D eigenvalue weighted by atomic mass is 16.5. The van der Waals surface area contributed by atoms with Crippen LogP contribution in [0.1, 0.15) is 41.5 Å². The summed E-state index contributed by atoms with van der Waals surface area (Å²) in [5.41, 5.74) is 1.74. The molecule has 1 rings (SSSR count). The first-order valence-electron chi connectivity index (χ1n) is 5.25. The minimum absolute atomic E-state index is 0.168. The van der Waals surface area contributed by atoms with Crippen LogP contribution in [-0.4, -0.2) is 6.10 Å². The quantitative estimate of drug-likeness (QED) is 0.568. The molecule has 0 fully saturated rings. The largest absolute Gasteiger partial charge is 0.493 e. The van der Waals surface area contributed by atoms with Gasteiger partial charge in [0.1, 0.15) is 6.10 Å². The Kier molecular flexibility index (Phi) is 2.80. The first-order valence-corrected chi connectivity index (χ1v) is 5.25. The van der Waals surface area contributed by atoms with Crippen LogP contribution in [-0.2, 0) is 4.74 Å². The van der Waals surface area contributed by atoms with Crippen LogP contribution in [0.5, 0.6) is 0 Å². The Morgan fingerprint density at radius 3 is 2.07 bits per heavy atom. The maximum atomic E-state index is 5.61. The molecule has 0 saturated heterocycles. The molecule has 0 saturated carbocycles. The van der Waals surface area contributed by atoms with Gasteiger partial charge in [0.15, 0.2) is 0 Å². The normalized spacial score (nSPS) is 23.0. The average molecular weight is 194 g/mol. The molecule has 1 aliphatic rings. The monoisotopic (exact) mass is 194 g/mol. The van der Waals surface area contributed by atoms with Crippen molar-refractivity contribution in [3.05, 3.63) is 24.0 Å². The smallest absolute Gasteiger partial charge is 0.121 e. The number of hydrogen-bond donors (Lipinski definition) is 0. The van der Waals surface area contributed by atoms with E-state index in [1.54, 1.807) is 0 Å². The maximum Gasteiger partial charge on any atom is 0.121 e. The van der Waals surface area contributed by atoms with Gasteiger partial charge in [0.05, 0.1) is 6.26 Å². The molecule has 1 unspecified atom stereocenters. The van der Waals surface area contributed by atoms with Crippen LogP contribution in [0.15, 0.2) is 24.0 Å². The van der Waals surface area contributed by atoms with Crippen LogP contribution in [0.4, 0.5) is 0 Å². The summed E-state index contributed by atoms with van der Waals surface area (Å²) < 4.78 is 5.61. The molecular formula is C13H22O. The second kappa shape index (κ2) is 3.45. The molecule has 0 radical (unpaired) electrons.